The van der Waals surface area contributed by atoms with E-state index in [-0.39, 0.29) is 21.4 Å². The van der Waals surface area contributed by atoms with Crippen LogP contribution in [0, 0.1) is 0 Å². The number of halogens is 1. The van der Waals surface area contributed by atoms with Crippen LogP contribution in [-0.4, -0.2) is 39.2 Å². The fraction of sp³-hybridized carbons (Fsp3) is 0.348. The van der Waals surface area contributed by atoms with E-state index >= 15 is 0 Å². The van der Waals surface area contributed by atoms with E-state index in [2.05, 4.69) is 9.71 Å². The molecule has 1 fully saturated rings. The maximum absolute atomic E-state index is 13.0. The molecule has 3 aliphatic heterocycles. The maximum Gasteiger partial charge on any atom is 0.286 e. The molecule has 0 bridgehead atoms. The molecule has 8 nitrogen and oxygen atoms in total. The van der Waals surface area contributed by atoms with Gasteiger partial charge in [0, 0.05) is 37.8 Å². The second kappa shape index (κ2) is 8.14. The molecule has 0 atom stereocenters. The third-order valence-corrected chi connectivity index (χ3v) is 7.94. The molecular formula is C23H23ClN4O4S. The lowest BCUT2D eigenvalue weighted by molar-refractivity contribution is -0.116. The molecule has 0 unspecified atom stereocenters. The van der Waals surface area contributed by atoms with Crippen molar-refractivity contribution in [2.24, 2.45) is 4.40 Å². The summed E-state index contributed by atoms with van der Waals surface area (Å²) >= 11 is 6.47. The first-order valence-electron chi connectivity index (χ1n) is 10.9. The van der Waals surface area contributed by atoms with Crippen molar-refractivity contribution >= 4 is 56.3 Å². The van der Waals surface area contributed by atoms with Gasteiger partial charge in [-0.2, -0.15) is 8.42 Å². The Morgan fingerprint density at radius 2 is 1.85 bits per heavy atom. The first kappa shape index (κ1) is 21.9. The number of sulfonamides is 1. The van der Waals surface area contributed by atoms with Crippen LogP contribution in [0.4, 0.5) is 17.1 Å². The first-order chi connectivity index (χ1) is 15.7. The van der Waals surface area contributed by atoms with Gasteiger partial charge in [-0.15, -0.1) is 4.40 Å². The van der Waals surface area contributed by atoms with E-state index in [1.54, 1.807) is 23.1 Å². The van der Waals surface area contributed by atoms with Gasteiger partial charge in [0.2, 0.25) is 5.91 Å². The van der Waals surface area contributed by atoms with Crippen molar-refractivity contribution in [3.8, 4) is 0 Å². The highest BCUT2D eigenvalue weighted by atomic mass is 35.5. The van der Waals surface area contributed by atoms with Crippen molar-refractivity contribution < 1.29 is 18.0 Å². The Hall–Kier alpha value is -2.91. The standard InChI is InChI=1S/C23H23ClN4O4S/c1-14(29)27-10-8-15-11-16(6-7-19(15)27)25-23(30)17-12-21-20(13-18(17)24)28-9-4-2-3-5-22(28)26-33(21,31)32/h6-7,11-13H,2-5,8-10H2,1H3,(H,25,30). The Bertz CT molecular complexity index is 1320. The molecule has 33 heavy (non-hydrogen) atoms. The average Bonchev–Trinajstić information content (AvgIpc) is 3.04. The number of hydrogen-bond donors (Lipinski definition) is 1. The fourth-order valence-corrected chi connectivity index (χ4v) is 6.19. The minimum Gasteiger partial charge on any atom is -0.328 e. The summed E-state index contributed by atoms with van der Waals surface area (Å²) in [5, 5.41) is 2.98. The van der Waals surface area contributed by atoms with Crippen molar-refractivity contribution in [3.63, 3.8) is 0 Å². The monoisotopic (exact) mass is 486 g/mol. The van der Waals surface area contributed by atoms with Crippen LogP contribution < -0.4 is 15.1 Å². The van der Waals surface area contributed by atoms with Crippen LogP contribution in [0.2, 0.25) is 5.02 Å². The van der Waals surface area contributed by atoms with Crippen LogP contribution in [-0.2, 0) is 21.2 Å². The molecule has 172 valence electrons. The van der Waals surface area contributed by atoms with E-state index in [0.29, 0.717) is 43.1 Å². The molecule has 0 radical (unpaired) electrons. The number of anilines is 3. The SMILES string of the molecule is CC(=O)N1CCc2cc(NC(=O)c3cc4c(cc3Cl)N3CCCCCC3=NS4(=O)=O)ccc21. The van der Waals surface area contributed by atoms with Gasteiger partial charge in [-0.1, -0.05) is 18.0 Å². The molecule has 2 aromatic rings. The predicted molar refractivity (Wildman–Crippen MR) is 128 cm³/mol. The topological polar surface area (TPSA) is 99.2 Å². The summed E-state index contributed by atoms with van der Waals surface area (Å²) in [5.41, 5.74) is 2.90. The third kappa shape index (κ3) is 3.89. The summed E-state index contributed by atoms with van der Waals surface area (Å²) in [6, 6.07) is 8.21. The summed E-state index contributed by atoms with van der Waals surface area (Å²) < 4.78 is 29.8. The van der Waals surface area contributed by atoms with E-state index in [9.17, 15) is 18.0 Å². The van der Waals surface area contributed by atoms with Crippen LogP contribution in [0.5, 0.6) is 0 Å². The molecule has 3 heterocycles. The normalized spacial score (nSPS) is 18.5. The molecule has 0 aliphatic carbocycles. The minimum absolute atomic E-state index is 0.00578. The zero-order valence-corrected chi connectivity index (χ0v) is 19.7. The van der Waals surface area contributed by atoms with Crippen LogP contribution in [0.25, 0.3) is 0 Å². The molecule has 1 saturated heterocycles. The van der Waals surface area contributed by atoms with Gasteiger partial charge < -0.3 is 15.1 Å². The van der Waals surface area contributed by atoms with E-state index in [0.717, 1.165) is 30.5 Å². The number of benzene rings is 2. The van der Waals surface area contributed by atoms with Gasteiger partial charge in [0.15, 0.2) is 0 Å². The molecule has 10 heteroatoms. The molecule has 3 aliphatic rings. The van der Waals surface area contributed by atoms with Crippen molar-refractivity contribution in [2.75, 3.05) is 28.2 Å². The van der Waals surface area contributed by atoms with Crippen LogP contribution in [0.15, 0.2) is 39.6 Å². The number of carbonyl (C=O) groups excluding carboxylic acids is 2. The predicted octanol–water partition coefficient (Wildman–Crippen LogP) is 3.98. The number of amides is 2. The third-order valence-electron chi connectivity index (χ3n) is 6.29. The number of fused-ring (bicyclic) bond motifs is 4. The van der Waals surface area contributed by atoms with Gasteiger partial charge in [0.1, 0.15) is 10.7 Å². The molecule has 0 saturated carbocycles. The molecule has 1 N–H and O–H groups in total. The Kier molecular flexibility index (Phi) is 5.41. The highest BCUT2D eigenvalue weighted by molar-refractivity contribution is 7.90. The second-order valence-corrected chi connectivity index (χ2v) is 10.4. The number of nitrogens with zero attached hydrogens (tertiary/aromatic N) is 3. The summed E-state index contributed by atoms with van der Waals surface area (Å²) in [4.78, 5) is 28.4. The number of hydrogen-bond acceptors (Lipinski definition) is 5. The van der Waals surface area contributed by atoms with Gasteiger partial charge >= 0.3 is 0 Å². The molecule has 0 spiro atoms. The van der Waals surface area contributed by atoms with E-state index < -0.39 is 15.9 Å². The highest BCUT2D eigenvalue weighted by Crippen LogP contribution is 2.38. The lowest BCUT2D eigenvalue weighted by atomic mass is 10.1. The van der Waals surface area contributed by atoms with Crippen molar-refractivity contribution in [1.82, 2.24) is 0 Å². The Balaban J connectivity index is 1.46. The molecule has 2 amide bonds. The summed E-state index contributed by atoms with van der Waals surface area (Å²) in [5.74, 6) is -0.00108. The largest absolute Gasteiger partial charge is 0.328 e. The highest BCUT2D eigenvalue weighted by Gasteiger charge is 2.33. The summed E-state index contributed by atoms with van der Waals surface area (Å²) in [6.07, 6.45) is 4.12. The Labute approximate surface area is 197 Å². The molecule has 2 aromatic carbocycles. The number of amidine groups is 1. The summed E-state index contributed by atoms with van der Waals surface area (Å²) in [6.45, 7) is 2.79. The number of nitrogens with one attached hydrogen (secondary N) is 1. The Morgan fingerprint density at radius 1 is 1.03 bits per heavy atom. The molecule has 5 rings (SSSR count). The average molecular weight is 487 g/mol. The summed E-state index contributed by atoms with van der Waals surface area (Å²) in [7, 11) is -3.93. The van der Waals surface area contributed by atoms with Gasteiger partial charge in [0.25, 0.3) is 15.9 Å². The van der Waals surface area contributed by atoms with Gasteiger partial charge in [0.05, 0.1) is 16.3 Å². The van der Waals surface area contributed by atoms with Gasteiger partial charge in [-0.3, -0.25) is 9.59 Å². The van der Waals surface area contributed by atoms with Crippen molar-refractivity contribution in [1.29, 1.82) is 0 Å². The molecular weight excluding hydrogens is 464 g/mol. The Morgan fingerprint density at radius 3 is 2.64 bits per heavy atom. The van der Waals surface area contributed by atoms with E-state index in [1.165, 1.54) is 13.0 Å². The second-order valence-electron chi connectivity index (χ2n) is 8.46. The van der Waals surface area contributed by atoms with Gasteiger partial charge in [-0.05, 0) is 55.2 Å². The van der Waals surface area contributed by atoms with Crippen molar-refractivity contribution in [3.05, 3.63) is 46.5 Å². The zero-order valence-electron chi connectivity index (χ0n) is 18.1. The number of carbonyl (C=O) groups is 2. The fourth-order valence-electron chi connectivity index (χ4n) is 4.68. The minimum atomic E-state index is -3.93. The quantitative estimate of drug-likeness (QED) is 0.692. The van der Waals surface area contributed by atoms with Crippen LogP contribution in [0.3, 0.4) is 0 Å². The lowest BCUT2D eigenvalue weighted by Gasteiger charge is -2.30. The molecule has 0 aromatic heterocycles. The lowest BCUT2D eigenvalue weighted by Crippen LogP contribution is -2.35. The van der Waals surface area contributed by atoms with Crippen LogP contribution in [0.1, 0.15) is 48.5 Å². The first-order valence-corrected chi connectivity index (χ1v) is 12.7. The van der Waals surface area contributed by atoms with E-state index in [4.69, 9.17) is 11.6 Å². The maximum atomic E-state index is 13.0. The number of rotatable bonds is 2. The van der Waals surface area contributed by atoms with Gasteiger partial charge in [-0.25, -0.2) is 0 Å². The smallest absolute Gasteiger partial charge is 0.286 e. The van der Waals surface area contributed by atoms with E-state index in [1.807, 2.05) is 11.0 Å². The van der Waals surface area contributed by atoms with Crippen LogP contribution >= 0.6 is 11.6 Å². The van der Waals surface area contributed by atoms with Crippen molar-refractivity contribution in [2.45, 2.75) is 43.9 Å². The zero-order chi connectivity index (χ0) is 23.3.